The lowest BCUT2D eigenvalue weighted by atomic mass is 10.1. The fourth-order valence-corrected chi connectivity index (χ4v) is 3.89. The van der Waals surface area contributed by atoms with Crippen LogP contribution >= 0.6 is 17.0 Å². The highest BCUT2D eigenvalue weighted by atomic mass is 79.9. The van der Waals surface area contributed by atoms with E-state index in [0.29, 0.717) is 0 Å². The largest absolute Gasteiger partial charge is 0.497 e. The van der Waals surface area contributed by atoms with Crippen LogP contribution in [-0.4, -0.2) is 44.7 Å². The van der Waals surface area contributed by atoms with Crippen LogP contribution in [0.3, 0.4) is 0 Å². The third kappa shape index (κ3) is 4.36. The fraction of sp³-hybridized carbons (Fsp3) is 0.429. The summed E-state index contributed by atoms with van der Waals surface area (Å²) < 4.78 is 5.34. The van der Waals surface area contributed by atoms with Crippen LogP contribution in [0.1, 0.15) is 17.9 Å². The first-order valence-electron chi connectivity index (χ1n) is 9.00. The zero-order valence-electron chi connectivity index (χ0n) is 14.8. The molecule has 4 heteroatoms. The normalized spacial score (nSPS) is 23.0. The quantitative estimate of drug-likeness (QED) is 0.744. The van der Waals surface area contributed by atoms with E-state index in [-0.39, 0.29) is 17.0 Å². The van der Waals surface area contributed by atoms with Crippen molar-refractivity contribution in [2.75, 3.05) is 44.7 Å². The Morgan fingerprint density at radius 1 is 0.960 bits per heavy atom. The van der Waals surface area contributed by atoms with Gasteiger partial charge in [-0.15, -0.1) is 17.0 Å². The molecule has 1 aliphatic heterocycles. The van der Waals surface area contributed by atoms with Gasteiger partial charge in [-0.2, -0.15) is 0 Å². The summed E-state index contributed by atoms with van der Waals surface area (Å²) in [4.78, 5) is 5.12. The van der Waals surface area contributed by atoms with E-state index in [1.807, 2.05) is 6.07 Å². The molecular formula is C21H27BrN2O. The molecule has 0 N–H and O–H groups in total. The molecule has 0 amide bonds. The predicted molar refractivity (Wildman–Crippen MR) is 109 cm³/mol. The monoisotopic (exact) mass is 402 g/mol. The SMILES string of the molecule is Br.COc1cccc(N2CCN(C[C@H]3C[C@@H]3c3ccccc3)CC2)c1. The van der Waals surface area contributed by atoms with Crippen molar-refractivity contribution in [2.24, 2.45) is 5.92 Å². The predicted octanol–water partition coefficient (Wildman–Crippen LogP) is 4.20. The summed E-state index contributed by atoms with van der Waals surface area (Å²) in [5.41, 5.74) is 2.81. The second-order valence-corrected chi connectivity index (χ2v) is 7.00. The maximum Gasteiger partial charge on any atom is 0.120 e. The Bertz CT molecular complexity index is 671. The second kappa shape index (κ2) is 8.24. The molecule has 0 aromatic heterocycles. The Kier molecular flexibility index (Phi) is 6.02. The van der Waals surface area contributed by atoms with Gasteiger partial charge >= 0.3 is 0 Å². The molecule has 3 nitrogen and oxygen atoms in total. The van der Waals surface area contributed by atoms with Crippen LogP contribution in [0.2, 0.25) is 0 Å². The minimum atomic E-state index is 0. The zero-order chi connectivity index (χ0) is 16.4. The van der Waals surface area contributed by atoms with Crippen molar-refractivity contribution >= 4 is 22.7 Å². The second-order valence-electron chi connectivity index (χ2n) is 7.00. The van der Waals surface area contributed by atoms with E-state index in [4.69, 9.17) is 4.74 Å². The van der Waals surface area contributed by atoms with Crippen molar-refractivity contribution in [3.8, 4) is 5.75 Å². The number of piperazine rings is 1. The summed E-state index contributed by atoms with van der Waals surface area (Å²) in [5.74, 6) is 2.59. The van der Waals surface area contributed by atoms with Crippen molar-refractivity contribution in [1.29, 1.82) is 0 Å². The Morgan fingerprint density at radius 2 is 1.72 bits per heavy atom. The Balaban J connectivity index is 0.00000182. The number of anilines is 1. The Labute approximate surface area is 161 Å². The fourth-order valence-electron chi connectivity index (χ4n) is 3.89. The Morgan fingerprint density at radius 3 is 2.44 bits per heavy atom. The number of benzene rings is 2. The molecule has 1 aliphatic carbocycles. The van der Waals surface area contributed by atoms with Crippen molar-refractivity contribution in [3.05, 3.63) is 60.2 Å². The molecule has 1 heterocycles. The van der Waals surface area contributed by atoms with Gasteiger partial charge in [0.1, 0.15) is 5.75 Å². The first-order valence-corrected chi connectivity index (χ1v) is 9.00. The number of nitrogens with zero attached hydrogens (tertiary/aromatic N) is 2. The molecule has 2 aromatic carbocycles. The van der Waals surface area contributed by atoms with Gasteiger partial charge in [0.2, 0.25) is 0 Å². The molecule has 4 rings (SSSR count). The van der Waals surface area contributed by atoms with Crippen molar-refractivity contribution in [2.45, 2.75) is 12.3 Å². The molecule has 25 heavy (non-hydrogen) atoms. The standard InChI is InChI=1S/C21H26N2O.BrH/c1-24-20-9-5-8-19(15-20)23-12-10-22(11-13-23)16-18-14-21(18)17-6-3-2-4-7-17;/h2-9,15,18,21H,10-14,16H2,1H3;1H/t18-,21-;/m1./s1. The van der Waals surface area contributed by atoms with Gasteiger partial charge in [-0.05, 0) is 36.0 Å². The van der Waals surface area contributed by atoms with Gasteiger partial charge in [0.05, 0.1) is 7.11 Å². The summed E-state index contributed by atoms with van der Waals surface area (Å²) in [5, 5.41) is 0. The van der Waals surface area contributed by atoms with Gasteiger partial charge in [0, 0.05) is 44.5 Å². The van der Waals surface area contributed by atoms with E-state index in [0.717, 1.165) is 43.8 Å². The van der Waals surface area contributed by atoms with Gasteiger partial charge in [0.15, 0.2) is 0 Å². The van der Waals surface area contributed by atoms with Crippen molar-refractivity contribution < 1.29 is 4.74 Å². The third-order valence-corrected chi connectivity index (χ3v) is 5.43. The number of hydrogen-bond donors (Lipinski definition) is 0. The topological polar surface area (TPSA) is 15.7 Å². The van der Waals surface area contributed by atoms with Gasteiger partial charge in [0.25, 0.3) is 0 Å². The van der Waals surface area contributed by atoms with Crippen LogP contribution in [-0.2, 0) is 0 Å². The number of halogens is 1. The molecule has 0 spiro atoms. The molecule has 2 aliphatic rings. The molecular weight excluding hydrogens is 376 g/mol. The number of hydrogen-bond acceptors (Lipinski definition) is 3. The smallest absolute Gasteiger partial charge is 0.120 e. The van der Waals surface area contributed by atoms with E-state index >= 15 is 0 Å². The summed E-state index contributed by atoms with van der Waals surface area (Å²) >= 11 is 0. The van der Waals surface area contributed by atoms with Crippen LogP contribution in [0.4, 0.5) is 5.69 Å². The summed E-state index contributed by atoms with van der Waals surface area (Å²) in [7, 11) is 1.73. The third-order valence-electron chi connectivity index (χ3n) is 5.43. The summed E-state index contributed by atoms with van der Waals surface area (Å²) in [6, 6.07) is 19.4. The minimum absolute atomic E-state index is 0. The molecule has 0 unspecified atom stereocenters. The molecule has 134 valence electrons. The molecule has 1 saturated carbocycles. The highest BCUT2D eigenvalue weighted by Gasteiger charge is 2.39. The van der Waals surface area contributed by atoms with Crippen LogP contribution in [0.25, 0.3) is 0 Å². The molecule has 0 bridgehead atoms. The van der Waals surface area contributed by atoms with Gasteiger partial charge in [-0.3, -0.25) is 4.90 Å². The maximum atomic E-state index is 5.34. The highest BCUT2D eigenvalue weighted by molar-refractivity contribution is 8.93. The molecule has 0 radical (unpaired) electrons. The lowest BCUT2D eigenvalue weighted by molar-refractivity contribution is 0.246. The van der Waals surface area contributed by atoms with Gasteiger partial charge < -0.3 is 9.64 Å². The molecule has 1 saturated heterocycles. The van der Waals surface area contributed by atoms with E-state index in [1.54, 1.807) is 7.11 Å². The number of rotatable bonds is 5. The Hall–Kier alpha value is -1.52. The van der Waals surface area contributed by atoms with E-state index in [9.17, 15) is 0 Å². The number of methoxy groups -OCH3 is 1. The van der Waals surface area contributed by atoms with Crippen LogP contribution in [0, 0.1) is 5.92 Å². The van der Waals surface area contributed by atoms with E-state index < -0.39 is 0 Å². The first kappa shape index (κ1) is 18.3. The average molecular weight is 403 g/mol. The minimum Gasteiger partial charge on any atom is -0.497 e. The molecule has 2 aromatic rings. The molecule has 2 fully saturated rings. The molecule has 2 atom stereocenters. The summed E-state index contributed by atoms with van der Waals surface area (Å²) in [6.07, 6.45) is 1.36. The number of ether oxygens (including phenoxy) is 1. The first-order chi connectivity index (χ1) is 11.8. The average Bonchev–Trinajstić information content (AvgIpc) is 3.42. The van der Waals surface area contributed by atoms with Crippen LogP contribution < -0.4 is 9.64 Å². The van der Waals surface area contributed by atoms with E-state index in [1.165, 1.54) is 24.2 Å². The van der Waals surface area contributed by atoms with Crippen LogP contribution in [0.15, 0.2) is 54.6 Å². The lowest BCUT2D eigenvalue weighted by Gasteiger charge is -2.36. The van der Waals surface area contributed by atoms with Crippen molar-refractivity contribution in [3.63, 3.8) is 0 Å². The van der Waals surface area contributed by atoms with Crippen molar-refractivity contribution in [1.82, 2.24) is 4.90 Å². The summed E-state index contributed by atoms with van der Waals surface area (Å²) in [6.45, 7) is 5.79. The van der Waals surface area contributed by atoms with Crippen LogP contribution in [0.5, 0.6) is 5.75 Å². The lowest BCUT2D eigenvalue weighted by Crippen LogP contribution is -2.47. The zero-order valence-corrected chi connectivity index (χ0v) is 16.5. The van der Waals surface area contributed by atoms with Gasteiger partial charge in [-0.25, -0.2) is 0 Å². The highest BCUT2D eigenvalue weighted by Crippen LogP contribution is 2.47. The maximum absolute atomic E-state index is 5.34. The van der Waals surface area contributed by atoms with E-state index in [2.05, 4.69) is 58.3 Å². The van der Waals surface area contributed by atoms with Gasteiger partial charge in [-0.1, -0.05) is 36.4 Å².